The maximum atomic E-state index is 13.1. The second-order valence-electron chi connectivity index (χ2n) is 4.65. The van der Waals surface area contributed by atoms with E-state index in [0.717, 1.165) is 32.2 Å². The number of rotatable bonds is 5. The fourth-order valence-electron chi connectivity index (χ4n) is 1.56. The van der Waals surface area contributed by atoms with Crippen molar-refractivity contribution in [3.05, 3.63) is 32.6 Å². The molecule has 1 aromatic heterocycles. The van der Waals surface area contributed by atoms with Crippen LogP contribution in [-0.2, 0) is 6.54 Å². The van der Waals surface area contributed by atoms with E-state index in [4.69, 9.17) is 0 Å². The molecule has 0 aliphatic rings. The molecule has 0 spiro atoms. The van der Waals surface area contributed by atoms with Crippen LogP contribution in [0.15, 0.2) is 18.2 Å². The smallest absolute Gasteiger partial charge is 0.148 e. The van der Waals surface area contributed by atoms with Gasteiger partial charge in [-0.15, -0.1) is 10.2 Å². The molecule has 1 aromatic carbocycles. The zero-order valence-electron chi connectivity index (χ0n) is 10.8. The summed E-state index contributed by atoms with van der Waals surface area (Å²) in [5.74, 6) is 0.391. The lowest BCUT2D eigenvalue weighted by Gasteiger charge is -2.04. The van der Waals surface area contributed by atoms with Crippen LogP contribution < -0.4 is 5.32 Å². The maximum Gasteiger partial charge on any atom is 0.148 e. The summed E-state index contributed by atoms with van der Waals surface area (Å²) in [5.41, 5.74) is 0.939. The average molecular weight is 391 g/mol. The highest BCUT2D eigenvalue weighted by Gasteiger charge is 2.10. The van der Waals surface area contributed by atoms with Crippen molar-refractivity contribution in [2.75, 3.05) is 6.54 Å². The third-order valence-corrected chi connectivity index (χ3v) is 4.31. The molecule has 0 unspecified atom stereocenters. The van der Waals surface area contributed by atoms with E-state index < -0.39 is 0 Å². The molecule has 102 valence electrons. The summed E-state index contributed by atoms with van der Waals surface area (Å²) >= 11 is 3.67. The molecular weight excluding hydrogens is 376 g/mol. The lowest BCUT2D eigenvalue weighted by atomic mass is 10.2. The molecule has 0 fully saturated rings. The van der Waals surface area contributed by atoms with Gasteiger partial charge >= 0.3 is 0 Å². The zero-order chi connectivity index (χ0) is 13.8. The predicted octanol–water partition coefficient (Wildman–Crippen LogP) is 3.69. The van der Waals surface area contributed by atoms with Crippen molar-refractivity contribution in [1.29, 1.82) is 0 Å². The molecular formula is C13H15FIN3S. The molecule has 2 aromatic rings. The van der Waals surface area contributed by atoms with Gasteiger partial charge in [-0.3, -0.25) is 0 Å². The third-order valence-electron chi connectivity index (χ3n) is 2.46. The minimum absolute atomic E-state index is 0.225. The Morgan fingerprint density at radius 1 is 1.37 bits per heavy atom. The summed E-state index contributed by atoms with van der Waals surface area (Å²) in [6, 6.07) is 4.71. The van der Waals surface area contributed by atoms with Gasteiger partial charge in [0.15, 0.2) is 0 Å². The van der Waals surface area contributed by atoms with E-state index >= 15 is 0 Å². The highest BCUT2D eigenvalue weighted by Crippen LogP contribution is 2.28. The van der Waals surface area contributed by atoms with Gasteiger partial charge in [0, 0.05) is 15.7 Å². The Kier molecular flexibility index (Phi) is 5.23. The summed E-state index contributed by atoms with van der Waals surface area (Å²) in [4.78, 5) is 0. The van der Waals surface area contributed by atoms with Crippen LogP contribution in [0.1, 0.15) is 18.9 Å². The number of nitrogens with zero attached hydrogens (tertiary/aromatic N) is 2. The van der Waals surface area contributed by atoms with E-state index in [1.165, 1.54) is 12.1 Å². The molecule has 0 aliphatic carbocycles. The molecule has 0 aliphatic heterocycles. The number of hydrogen-bond donors (Lipinski definition) is 1. The van der Waals surface area contributed by atoms with Crippen LogP contribution in [0.5, 0.6) is 0 Å². The summed E-state index contributed by atoms with van der Waals surface area (Å²) in [6.07, 6.45) is 0. The second-order valence-corrected chi connectivity index (χ2v) is 6.87. The summed E-state index contributed by atoms with van der Waals surface area (Å²) in [7, 11) is 0. The van der Waals surface area contributed by atoms with Gasteiger partial charge < -0.3 is 5.32 Å². The van der Waals surface area contributed by atoms with Gasteiger partial charge in [0.05, 0.1) is 0 Å². The Labute approximate surface area is 129 Å². The van der Waals surface area contributed by atoms with Crippen molar-refractivity contribution in [1.82, 2.24) is 15.5 Å². The Morgan fingerprint density at radius 2 is 2.16 bits per heavy atom. The highest BCUT2D eigenvalue weighted by atomic mass is 127. The van der Waals surface area contributed by atoms with Crippen molar-refractivity contribution < 1.29 is 4.39 Å². The van der Waals surface area contributed by atoms with Gasteiger partial charge in [0.25, 0.3) is 0 Å². The first-order valence-corrected chi connectivity index (χ1v) is 7.94. The van der Waals surface area contributed by atoms with Gasteiger partial charge in [-0.25, -0.2) is 4.39 Å². The molecule has 6 heteroatoms. The average Bonchev–Trinajstić information content (AvgIpc) is 2.77. The molecule has 3 nitrogen and oxygen atoms in total. The quantitative estimate of drug-likeness (QED) is 0.791. The molecule has 0 bridgehead atoms. The minimum Gasteiger partial charge on any atom is -0.310 e. The van der Waals surface area contributed by atoms with E-state index in [1.54, 1.807) is 17.4 Å². The van der Waals surface area contributed by atoms with Gasteiger partial charge in [-0.1, -0.05) is 25.2 Å². The Morgan fingerprint density at radius 3 is 2.84 bits per heavy atom. The summed E-state index contributed by atoms with van der Waals surface area (Å²) < 4.78 is 13.9. The monoisotopic (exact) mass is 391 g/mol. The van der Waals surface area contributed by atoms with Crippen LogP contribution in [-0.4, -0.2) is 16.7 Å². The number of halogens is 2. The number of benzene rings is 1. The van der Waals surface area contributed by atoms with Gasteiger partial charge in [-0.05, 0) is 53.3 Å². The first-order valence-electron chi connectivity index (χ1n) is 6.05. The van der Waals surface area contributed by atoms with Crippen LogP contribution in [0, 0.1) is 15.3 Å². The van der Waals surface area contributed by atoms with Gasteiger partial charge in [0.1, 0.15) is 15.8 Å². The fraction of sp³-hybridized carbons (Fsp3) is 0.385. The van der Waals surface area contributed by atoms with Crippen molar-refractivity contribution in [2.45, 2.75) is 20.4 Å². The van der Waals surface area contributed by atoms with Crippen LogP contribution in [0.4, 0.5) is 4.39 Å². The van der Waals surface area contributed by atoms with E-state index in [9.17, 15) is 4.39 Å². The molecule has 0 saturated heterocycles. The molecule has 0 radical (unpaired) electrons. The predicted molar refractivity (Wildman–Crippen MR) is 84.6 cm³/mol. The number of nitrogens with one attached hydrogen (secondary N) is 1. The lowest BCUT2D eigenvalue weighted by Crippen LogP contribution is -2.18. The van der Waals surface area contributed by atoms with Crippen molar-refractivity contribution in [3.8, 4) is 10.6 Å². The Hall–Kier alpha value is -0.600. The van der Waals surface area contributed by atoms with Crippen LogP contribution in [0.3, 0.4) is 0 Å². The standard InChI is InChI=1S/C13H15FIN3S/c1-8(2)6-16-7-12-17-18-13(19-12)10-4-3-9(14)5-11(10)15/h3-5,8,16H,6-7H2,1-2H3. The van der Waals surface area contributed by atoms with Crippen LogP contribution >= 0.6 is 33.9 Å². The normalized spacial score (nSPS) is 11.2. The maximum absolute atomic E-state index is 13.1. The molecule has 0 atom stereocenters. The topological polar surface area (TPSA) is 37.8 Å². The second kappa shape index (κ2) is 6.71. The molecule has 0 amide bonds. The Bertz CT molecular complexity index is 557. The van der Waals surface area contributed by atoms with E-state index in [1.807, 2.05) is 0 Å². The van der Waals surface area contributed by atoms with Gasteiger partial charge in [-0.2, -0.15) is 0 Å². The third kappa shape index (κ3) is 4.19. The van der Waals surface area contributed by atoms with Gasteiger partial charge in [0.2, 0.25) is 0 Å². The highest BCUT2D eigenvalue weighted by molar-refractivity contribution is 14.1. The van der Waals surface area contributed by atoms with Crippen molar-refractivity contribution >= 4 is 33.9 Å². The van der Waals surface area contributed by atoms with Crippen molar-refractivity contribution in [2.24, 2.45) is 5.92 Å². The fourth-order valence-corrected chi connectivity index (χ4v) is 3.33. The summed E-state index contributed by atoms with van der Waals surface area (Å²) in [6.45, 7) is 6.02. The van der Waals surface area contributed by atoms with E-state index in [0.29, 0.717) is 5.92 Å². The van der Waals surface area contributed by atoms with E-state index in [2.05, 4.69) is 52.0 Å². The molecule has 1 heterocycles. The molecule has 2 rings (SSSR count). The molecule has 0 saturated carbocycles. The van der Waals surface area contributed by atoms with Crippen molar-refractivity contribution in [3.63, 3.8) is 0 Å². The minimum atomic E-state index is -0.225. The first-order chi connectivity index (χ1) is 9.06. The van der Waals surface area contributed by atoms with Crippen LogP contribution in [0.2, 0.25) is 0 Å². The number of hydrogen-bond acceptors (Lipinski definition) is 4. The lowest BCUT2D eigenvalue weighted by molar-refractivity contribution is 0.550. The molecule has 1 N–H and O–H groups in total. The van der Waals surface area contributed by atoms with E-state index in [-0.39, 0.29) is 5.82 Å². The summed E-state index contributed by atoms with van der Waals surface area (Å²) in [5, 5.41) is 13.5. The number of aromatic nitrogens is 2. The first kappa shape index (κ1) is 14.8. The molecule has 19 heavy (non-hydrogen) atoms. The Balaban J connectivity index is 2.08. The van der Waals surface area contributed by atoms with Crippen LogP contribution in [0.25, 0.3) is 10.6 Å². The SMILES string of the molecule is CC(C)CNCc1nnc(-c2ccc(F)cc2I)s1. The largest absolute Gasteiger partial charge is 0.310 e. The zero-order valence-corrected chi connectivity index (χ0v) is 13.8.